The van der Waals surface area contributed by atoms with Gasteiger partial charge in [0.15, 0.2) is 5.67 Å². The standard InChI is InChI=1S/C24H33FO/c1-4-16-24(25,5-2)23-15-14-21-11-8-10-20(9-6-7-17-26)19(3)12-13-22(21)18-23/h4-5,14-16,18,26H,2,6-13,17H2,1,3H3. The molecule has 1 N–H and O–H groups in total. The van der Waals surface area contributed by atoms with E-state index in [1.807, 2.05) is 19.1 Å². The van der Waals surface area contributed by atoms with Crippen LogP contribution in [-0.4, -0.2) is 11.7 Å². The summed E-state index contributed by atoms with van der Waals surface area (Å²) in [7, 11) is 0. The Labute approximate surface area is 158 Å². The lowest BCUT2D eigenvalue weighted by atomic mass is 9.89. The smallest absolute Gasteiger partial charge is 0.172 e. The maximum atomic E-state index is 15.2. The first kappa shape index (κ1) is 20.6. The van der Waals surface area contributed by atoms with E-state index in [4.69, 9.17) is 5.11 Å². The van der Waals surface area contributed by atoms with E-state index in [-0.39, 0.29) is 6.61 Å². The quantitative estimate of drug-likeness (QED) is 0.445. The second-order valence-corrected chi connectivity index (χ2v) is 7.37. The minimum Gasteiger partial charge on any atom is -0.396 e. The third kappa shape index (κ3) is 5.17. The molecule has 1 aliphatic rings. The van der Waals surface area contributed by atoms with Gasteiger partial charge in [-0.25, -0.2) is 4.39 Å². The fraction of sp³-hybridized carbons (Fsp3) is 0.500. The predicted molar refractivity (Wildman–Crippen MR) is 109 cm³/mol. The number of hydrogen-bond donors (Lipinski definition) is 1. The first-order chi connectivity index (χ1) is 12.5. The molecule has 0 aliphatic heterocycles. The monoisotopic (exact) mass is 356 g/mol. The second kappa shape index (κ2) is 9.87. The molecule has 0 spiro atoms. The number of unbranched alkanes of at least 4 members (excludes halogenated alkanes) is 1. The maximum absolute atomic E-state index is 15.2. The van der Waals surface area contributed by atoms with Crippen LogP contribution in [0, 0.1) is 0 Å². The van der Waals surface area contributed by atoms with Crippen LogP contribution in [0.5, 0.6) is 0 Å². The number of fused-ring (bicyclic) bond motifs is 1. The minimum absolute atomic E-state index is 0.279. The number of aryl methyl sites for hydroxylation is 2. The highest BCUT2D eigenvalue weighted by atomic mass is 19.1. The molecule has 1 unspecified atom stereocenters. The molecule has 26 heavy (non-hydrogen) atoms. The third-order valence-corrected chi connectivity index (χ3v) is 5.54. The Morgan fingerprint density at radius 1 is 1.15 bits per heavy atom. The summed E-state index contributed by atoms with van der Waals surface area (Å²) in [6.07, 6.45) is 13.0. The summed E-state index contributed by atoms with van der Waals surface area (Å²) in [5.74, 6) is 0. The van der Waals surface area contributed by atoms with Crippen molar-refractivity contribution in [2.45, 2.75) is 70.9 Å². The SMILES string of the molecule is C=CC(F)(C=CC)c1ccc2c(c1)CCC(C)=C(CCCCO)CCC2. The second-order valence-electron chi connectivity index (χ2n) is 7.37. The van der Waals surface area contributed by atoms with Crippen LogP contribution in [-0.2, 0) is 18.5 Å². The van der Waals surface area contributed by atoms with E-state index in [1.165, 1.54) is 22.8 Å². The molecule has 1 nitrogen and oxygen atoms in total. The number of aliphatic hydroxyl groups is 1. The Bertz CT molecular complexity index is 671. The summed E-state index contributed by atoms with van der Waals surface area (Å²) in [4.78, 5) is 0. The van der Waals surface area contributed by atoms with Gasteiger partial charge in [-0.2, -0.15) is 0 Å². The van der Waals surface area contributed by atoms with Crippen molar-refractivity contribution in [3.05, 3.63) is 70.8 Å². The lowest BCUT2D eigenvalue weighted by molar-refractivity contribution is 0.284. The topological polar surface area (TPSA) is 20.2 Å². The van der Waals surface area contributed by atoms with Gasteiger partial charge >= 0.3 is 0 Å². The molecule has 0 heterocycles. The molecule has 0 radical (unpaired) electrons. The largest absolute Gasteiger partial charge is 0.396 e. The lowest BCUT2D eigenvalue weighted by Gasteiger charge is -2.20. The molecule has 0 fully saturated rings. The van der Waals surface area contributed by atoms with Crippen LogP contribution in [0.3, 0.4) is 0 Å². The molecule has 0 aromatic heterocycles. The molecule has 2 rings (SSSR count). The van der Waals surface area contributed by atoms with Crippen LogP contribution in [0.4, 0.5) is 4.39 Å². The third-order valence-electron chi connectivity index (χ3n) is 5.54. The molecule has 1 aromatic rings. The van der Waals surface area contributed by atoms with Gasteiger partial charge in [0.25, 0.3) is 0 Å². The number of rotatable bonds is 7. The summed E-state index contributed by atoms with van der Waals surface area (Å²) in [5, 5.41) is 9.02. The highest BCUT2D eigenvalue weighted by molar-refractivity contribution is 5.40. The molecular weight excluding hydrogens is 323 g/mol. The van der Waals surface area contributed by atoms with Gasteiger partial charge in [0, 0.05) is 6.61 Å². The molecule has 2 heteroatoms. The van der Waals surface area contributed by atoms with Crippen molar-refractivity contribution >= 4 is 0 Å². The van der Waals surface area contributed by atoms with Gasteiger partial charge in [-0.3, -0.25) is 0 Å². The van der Waals surface area contributed by atoms with E-state index in [1.54, 1.807) is 17.7 Å². The van der Waals surface area contributed by atoms with Gasteiger partial charge in [-0.15, -0.1) is 0 Å². The van der Waals surface area contributed by atoms with E-state index in [9.17, 15) is 0 Å². The summed E-state index contributed by atoms with van der Waals surface area (Å²) < 4.78 is 15.2. The first-order valence-corrected chi connectivity index (χ1v) is 9.91. The van der Waals surface area contributed by atoms with E-state index in [2.05, 4.69) is 19.6 Å². The van der Waals surface area contributed by atoms with Crippen molar-refractivity contribution in [2.75, 3.05) is 6.61 Å². The predicted octanol–water partition coefficient (Wildman–Crippen LogP) is 6.36. The normalized spacial score (nSPS) is 18.0. The molecule has 1 aromatic carbocycles. The van der Waals surface area contributed by atoms with Gasteiger partial charge in [0.05, 0.1) is 0 Å². The van der Waals surface area contributed by atoms with Crippen LogP contribution in [0.1, 0.15) is 69.1 Å². The zero-order valence-electron chi connectivity index (χ0n) is 16.4. The average molecular weight is 357 g/mol. The fourth-order valence-electron chi connectivity index (χ4n) is 3.86. The van der Waals surface area contributed by atoms with Crippen LogP contribution in [0.25, 0.3) is 0 Å². The molecule has 0 amide bonds. The number of benzene rings is 1. The number of allylic oxidation sites excluding steroid dienone is 5. The molecule has 1 atom stereocenters. The Balaban J connectivity index is 2.24. The van der Waals surface area contributed by atoms with Gasteiger partial charge in [-0.1, -0.05) is 42.0 Å². The Morgan fingerprint density at radius 3 is 2.65 bits per heavy atom. The molecule has 142 valence electrons. The zero-order chi connectivity index (χ0) is 19.0. The van der Waals surface area contributed by atoms with Crippen LogP contribution >= 0.6 is 0 Å². The van der Waals surface area contributed by atoms with Crippen molar-refractivity contribution in [2.24, 2.45) is 0 Å². The van der Waals surface area contributed by atoms with Crippen molar-refractivity contribution in [1.82, 2.24) is 0 Å². The highest BCUT2D eigenvalue weighted by Crippen LogP contribution is 2.33. The van der Waals surface area contributed by atoms with Crippen LogP contribution < -0.4 is 0 Å². The number of aliphatic hydroxyl groups excluding tert-OH is 1. The van der Waals surface area contributed by atoms with Gasteiger partial charge in [-0.05, 0) is 94.1 Å². The highest BCUT2D eigenvalue weighted by Gasteiger charge is 2.25. The molecule has 0 saturated heterocycles. The minimum atomic E-state index is -1.59. The molecule has 1 aliphatic carbocycles. The number of halogens is 1. The molecule has 0 bridgehead atoms. The summed E-state index contributed by atoms with van der Waals surface area (Å²) >= 11 is 0. The van der Waals surface area contributed by atoms with Crippen LogP contribution in [0.2, 0.25) is 0 Å². The van der Waals surface area contributed by atoms with E-state index in [0.717, 1.165) is 51.4 Å². The fourth-order valence-corrected chi connectivity index (χ4v) is 3.86. The lowest BCUT2D eigenvalue weighted by Crippen LogP contribution is -2.14. The zero-order valence-corrected chi connectivity index (χ0v) is 16.4. The van der Waals surface area contributed by atoms with E-state index < -0.39 is 5.67 Å². The number of alkyl halides is 1. The number of hydrogen-bond acceptors (Lipinski definition) is 1. The van der Waals surface area contributed by atoms with Crippen LogP contribution in [0.15, 0.2) is 54.2 Å². The van der Waals surface area contributed by atoms with Gasteiger partial charge < -0.3 is 5.11 Å². The average Bonchev–Trinajstić information content (AvgIpc) is 2.72. The van der Waals surface area contributed by atoms with E-state index >= 15 is 4.39 Å². The maximum Gasteiger partial charge on any atom is 0.172 e. The molecular formula is C24H33FO. The van der Waals surface area contributed by atoms with Crippen molar-refractivity contribution in [1.29, 1.82) is 0 Å². The summed E-state index contributed by atoms with van der Waals surface area (Å²) in [5.41, 5.74) is 4.74. The molecule has 0 saturated carbocycles. The van der Waals surface area contributed by atoms with Gasteiger partial charge in [0.1, 0.15) is 0 Å². The van der Waals surface area contributed by atoms with Crippen molar-refractivity contribution < 1.29 is 9.50 Å². The van der Waals surface area contributed by atoms with E-state index in [0.29, 0.717) is 5.56 Å². The van der Waals surface area contributed by atoms with Crippen molar-refractivity contribution in [3.63, 3.8) is 0 Å². The van der Waals surface area contributed by atoms with Crippen molar-refractivity contribution in [3.8, 4) is 0 Å². The summed E-state index contributed by atoms with van der Waals surface area (Å²) in [6, 6.07) is 6.07. The first-order valence-electron chi connectivity index (χ1n) is 9.91. The Hall–Kier alpha value is -1.67. The summed E-state index contributed by atoms with van der Waals surface area (Å²) in [6.45, 7) is 8.05. The Morgan fingerprint density at radius 2 is 1.96 bits per heavy atom. The Kier molecular flexibility index (Phi) is 7.84. The van der Waals surface area contributed by atoms with Gasteiger partial charge in [0.2, 0.25) is 0 Å².